The van der Waals surface area contributed by atoms with Gasteiger partial charge in [0.15, 0.2) is 0 Å². The zero-order valence-corrected chi connectivity index (χ0v) is 9.48. The first-order valence-electron chi connectivity index (χ1n) is 4.45. The molecule has 2 N–H and O–H groups in total. The van der Waals surface area contributed by atoms with Crippen molar-refractivity contribution >= 4 is 17.3 Å². The van der Waals surface area contributed by atoms with Crippen LogP contribution in [0, 0.1) is 13.8 Å². The third-order valence-electron chi connectivity index (χ3n) is 2.18. The van der Waals surface area contributed by atoms with E-state index in [0.717, 1.165) is 10.4 Å². The smallest absolute Gasteiger partial charge is 0.314 e. The molecule has 0 aliphatic heterocycles. The maximum absolute atomic E-state index is 11.4. The Kier molecular flexibility index (Phi) is 3.66. The summed E-state index contributed by atoms with van der Waals surface area (Å²) in [5.74, 6) is -0.571. The lowest BCUT2D eigenvalue weighted by atomic mass is 10.00. The van der Waals surface area contributed by atoms with Gasteiger partial charge in [-0.05, 0) is 25.5 Å². The molecule has 0 spiro atoms. The van der Waals surface area contributed by atoms with E-state index in [9.17, 15) is 4.79 Å². The van der Waals surface area contributed by atoms with Crippen LogP contribution in [0.2, 0.25) is 0 Å². The van der Waals surface area contributed by atoms with Crippen LogP contribution in [0.5, 0.6) is 0 Å². The van der Waals surface area contributed by atoms with E-state index in [1.165, 1.54) is 12.0 Å². The molecule has 3 nitrogen and oxygen atoms in total. The van der Waals surface area contributed by atoms with Crippen molar-refractivity contribution in [3.05, 3.63) is 21.4 Å². The number of carbonyl (C=O) groups excluding carboxylic acids is 1. The Hall–Kier alpha value is -0.870. The maximum Gasteiger partial charge on any atom is 0.314 e. The van der Waals surface area contributed by atoms with E-state index in [-0.39, 0.29) is 11.9 Å². The number of thiophene rings is 1. The van der Waals surface area contributed by atoms with Gasteiger partial charge in [-0.25, -0.2) is 0 Å². The number of aryl methyl sites for hydroxylation is 2. The summed E-state index contributed by atoms with van der Waals surface area (Å²) in [7, 11) is 1.39. The van der Waals surface area contributed by atoms with E-state index in [1.54, 1.807) is 11.3 Å². The van der Waals surface area contributed by atoms with Crippen molar-refractivity contribution in [2.45, 2.75) is 19.8 Å². The SMILES string of the molecule is COC(=O)C(CN)c1cc(C)sc1C. The molecule has 1 atom stereocenters. The van der Waals surface area contributed by atoms with Crippen LogP contribution >= 0.6 is 11.3 Å². The highest BCUT2D eigenvalue weighted by atomic mass is 32.1. The Balaban J connectivity index is 3.00. The van der Waals surface area contributed by atoms with E-state index in [0.29, 0.717) is 6.54 Å². The third-order valence-corrected chi connectivity index (χ3v) is 3.16. The predicted octanol–water partition coefficient (Wildman–Crippen LogP) is 1.58. The minimum Gasteiger partial charge on any atom is -0.469 e. The minimum atomic E-state index is -0.315. The first-order chi connectivity index (χ1) is 6.60. The average Bonchev–Trinajstić information content (AvgIpc) is 2.47. The van der Waals surface area contributed by atoms with Gasteiger partial charge in [0, 0.05) is 16.3 Å². The fourth-order valence-corrected chi connectivity index (χ4v) is 2.48. The van der Waals surface area contributed by atoms with Crippen LogP contribution in [0.15, 0.2) is 6.07 Å². The summed E-state index contributed by atoms with van der Waals surface area (Å²) in [5, 5.41) is 0. The lowest BCUT2D eigenvalue weighted by Crippen LogP contribution is -2.22. The highest BCUT2D eigenvalue weighted by molar-refractivity contribution is 7.12. The summed E-state index contributed by atoms with van der Waals surface area (Å²) >= 11 is 1.68. The van der Waals surface area contributed by atoms with E-state index >= 15 is 0 Å². The highest BCUT2D eigenvalue weighted by Gasteiger charge is 2.22. The molecule has 0 fully saturated rings. The van der Waals surface area contributed by atoms with Crippen LogP contribution < -0.4 is 5.73 Å². The quantitative estimate of drug-likeness (QED) is 0.776. The van der Waals surface area contributed by atoms with Gasteiger partial charge >= 0.3 is 5.97 Å². The molecule has 0 radical (unpaired) electrons. The largest absolute Gasteiger partial charge is 0.469 e. The summed E-state index contributed by atoms with van der Waals surface area (Å²) in [6, 6.07) is 2.01. The van der Waals surface area contributed by atoms with Crippen LogP contribution in [-0.4, -0.2) is 19.6 Å². The fourth-order valence-electron chi connectivity index (χ4n) is 1.49. The van der Waals surface area contributed by atoms with Crippen molar-refractivity contribution in [3.63, 3.8) is 0 Å². The molecule has 0 saturated heterocycles. The number of esters is 1. The van der Waals surface area contributed by atoms with Gasteiger partial charge in [0.05, 0.1) is 13.0 Å². The molecule has 1 heterocycles. The highest BCUT2D eigenvalue weighted by Crippen LogP contribution is 2.27. The molecule has 0 aliphatic rings. The molecule has 78 valence electrons. The van der Waals surface area contributed by atoms with E-state index in [1.807, 2.05) is 19.9 Å². The Labute approximate surface area is 87.9 Å². The molecule has 1 aromatic heterocycles. The van der Waals surface area contributed by atoms with E-state index < -0.39 is 0 Å². The monoisotopic (exact) mass is 213 g/mol. The van der Waals surface area contributed by atoms with Gasteiger partial charge in [-0.2, -0.15) is 0 Å². The van der Waals surface area contributed by atoms with E-state index in [4.69, 9.17) is 10.5 Å². The maximum atomic E-state index is 11.4. The molecule has 0 bridgehead atoms. The van der Waals surface area contributed by atoms with Crippen molar-refractivity contribution < 1.29 is 9.53 Å². The van der Waals surface area contributed by atoms with Gasteiger partial charge < -0.3 is 10.5 Å². The van der Waals surface area contributed by atoms with Crippen LogP contribution in [0.4, 0.5) is 0 Å². The van der Waals surface area contributed by atoms with Gasteiger partial charge in [-0.15, -0.1) is 11.3 Å². The first kappa shape index (κ1) is 11.2. The first-order valence-corrected chi connectivity index (χ1v) is 5.26. The van der Waals surface area contributed by atoms with Gasteiger partial charge in [0.2, 0.25) is 0 Å². The third kappa shape index (κ3) is 2.13. The molecule has 1 rings (SSSR count). The number of nitrogens with two attached hydrogens (primary N) is 1. The Morgan fingerprint density at radius 1 is 1.64 bits per heavy atom. The van der Waals surface area contributed by atoms with Crippen LogP contribution in [0.3, 0.4) is 0 Å². The number of hydrogen-bond donors (Lipinski definition) is 1. The molecule has 0 amide bonds. The molecule has 4 heteroatoms. The molecule has 1 unspecified atom stereocenters. The van der Waals surface area contributed by atoms with Crippen molar-refractivity contribution in [2.24, 2.45) is 5.73 Å². The zero-order valence-electron chi connectivity index (χ0n) is 8.66. The molecule has 1 aromatic rings. The zero-order chi connectivity index (χ0) is 10.7. The normalized spacial score (nSPS) is 12.6. The lowest BCUT2D eigenvalue weighted by Gasteiger charge is -2.11. The Morgan fingerprint density at radius 2 is 2.29 bits per heavy atom. The van der Waals surface area contributed by atoms with Crippen molar-refractivity contribution in [1.82, 2.24) is 0 Å². The molecule has 0 aromatic carbocycles. The number of hydrogen-bond acceptors (Lipinski definition) is 4. The van der Waals surface area contributed by atoms with Crippen LogP contribution in [0.25, 0.3) is 0 Å². The van der Waals surface area contributed by atoms with Gasteiger partial charge in [0.1, 0.15) is 0 Å². The second kappa shape index (κ2) is 4.57. The Morgan fingerprint density at radius 3 is 2.64 bits per heavy atom. The molecule has 14 heavy (non-hydrogen) atoms. The summed E-state index contributed by atoms with van der Waals surface area (Å²) in [6.07, 6.45) is 0. The summed E-state index contributed by atoms with van der Waals surface area (Å²) in [5.41, 5.74) is 6.56. The Bertz CT molecular complexity index is 333. The summed E-state index contributed by atoms with van der Waals surface area (Å²) in [6.45, 7) is 4.31. The predicted molar refractivity (Wildman–Crippen MR) is 57.6 cm³/mol. The standard InChI is InChI=1S/C10H15NO2S/c1-6-4-8(7(2)14-6)9(5-11)10(12)13-3/h4,9H,5,11H2,1-3H3. The van der Waals surface area contributed by atoms with Crippen molar-refractivity contribution in [3.8, 4) is 0 Å². The van der Waals surface area contributed by atoms with Crippen molar-refractivity contribution in [1.29, 1.82) is 0 Å². The van der Waals surface area contributed by atoms with Crippen LogP contribution in [0.1, 0.15) is 21.2 Å². The van der Waals surface area contributed by atoms with Gasteiger partial charge in [-0.3, -0.25) is 4.79 Å². The second-order valence-electron chi connectivity index (χ2n) is 3.18. The average molecular weight is 213 g/mol. The number of rotatable bonds is 3. The summed E-state index contributed by atoms with van der Waals surface area (Å²) < 4.78 is 4.71. The second-order valence-corrected chi connectivity index (χ2v) is 4.64. The molecular weight excluding hydrogens is 198 g/mol. The lowest BCUT2D eigenvalue weighted by molar-refractivity contribution is -0.142. The molecule has 0 aliphatic carbocycles. The number of carbonyl (C=O) groups is 1. The van der Waals surface area contributed by atoms with Crippen molar-refractivity contribution in [2.75, 3.05) is 13.7 Å². The minimum absolute atomic E-state index is 0.256. The number of ether oxygens (including phenoxy) is 1. The van der Waals surface area contributed by atoms with Crippen LogP contribution in [-0.2, 0) is 9.53 Å². The molecule has 0 saturated carbocycles. The van der Waals surface area contributed by atoms with E-state index in [2.05, 4.69) is 0 Å². The topological polar surface area (TPSA) is 52.3 Å². The fraction of sp³-hybridized carbons (Fsp3) is 0.500. The summed E-state index contributed by atoms with van der Waals surface area (Å²) in [4.78, 5) is 13.7. The van der Waals surface area contributed by atoms with Gasteiger partial charge in [0.25, 0.3) is 0 Å². The number of methoxy groups -OCH3 is 1. The van der Waals surface area contributed by atoms with Gasteiger partial charge in [-0.1, -0.05) is 0 Å². The molecular formula is C10H15NO2S.